The summed E-state index contributed by atoms with van der Waals surface area (Å²) >= 11 is 12.1. The topological polar surface area (TPSA) is 33.1 Å². The number of benzene rings is 2. The van der Waals surface area contributed by atoms with E-state index in [1.807, 2.05) is 37.3 Å². The lowest BCUT2D eigenvalue weighted by Crippen LogP contribution is -2.01. The van der Waals surface area contributed by atoms with E-state index in [-0.39, 0.29) is 0 Å². The highest BCUT2D eigenvalue weighted by Gasteiger charge is 2.15. The minimum Gasteiger partial charge on any atom is -0.384 e. The fourth-order valence-corrected chi connectivity index (χ4v) is 2.72. The highest BCUT2D eigenvalue weighted by atomic mass is 35.5. The molecule has 0 saturated carbocycles. The van der Waals surface area contributed by atoms with E-state index in [0.29, 0.717) is 15.6 Å². The molecule has 0 spiro atoms. The maximum Gasteiger partial charge on any atom is 0.106 e. The van der Waals surface area contributed by atoms with Gasteiger partial charge < -0.3 is 5.11 Å². The van der Waals surface area contributed by atoms with Crippen LogP contribution in [0.1, 0.15) is 22.9 Å². The van der Waals surface area contributed by atoms with Crippen LogP contribution in [0.3, 0.4) is 0 Å². The van der Waals surface area contributed by atoms with Crippen molar-refractivity contribution in [1.82, 2.24) is 4.98 Å². The molecule has 106 valence electrons. The van der Waals surface area contributed by atoms with E-state index in [2.05, 4.69) is 4.98 Å². The van der Waals surface area contributed by atoms with Crippen LogP contribution in [-0.4, -0.2) is 10.1 Å². The van der Waals surface area contributed by atoms with Crippen molar-refractivity contribution in [3.8, 4) is 0 Å². The van der Waals surface area contributed by atoms with Crippen LogP contribution >= 0.6 is 23.2 Å². The van der Waals surface area contributed by atoms with Gasteiger partial charge in [0.1, 0.15) is 6.10 Å². The number of aryl methyl sites for hydroxylation is 1. The number of halogens is 2. The molecule has 21 heavy (non-hydrogen) atoms. The molecule has 2 nitrogen and oxygen atoms in total. The van der Waals surface area contributed by atoms with Crippen LogP contribution in [0.4, 0.5) is 0 Å². The minimum atomic E-state index is -0.818. The average molecular weight is 318 g/mol. The number of aromatic nitrogens is 1. The van der Waals surface area contributed by atoms with E-state index in [1.54, 1.807) is 18.2 Å². The lowest BCUT2D eigenvalue weighted by molar-refractivity contribution is 0.220. The third-order valence-electron chi connectivity index (χ3n) is 3.42. The van der Waals surface area contributed by atoms with Gasteiger partial charge in [-0.3, -0.25) is 4.98 Å². The molecule has 2 aromatic carbocycles. The molecule has 3 aromatic rings. The Kier molecular flexibility index (Phi) is 3.85. The first-order valence-corrected chi connectivity index (χ1v) is 7.30. The zero-order chi connectivity index (χ0) is 15.0. The Morgan fingerprint density at radius 2 is 1.81 bits per heavy atom. The molecule has 1 unspecified atom stereocenters. The second-order valence-corrected chi connectivity index (χ2v) is 5.82. The zero-order valence-corrected chi connectivity index (χ0v) is 12.9. The maximum absolute atomic E-state index is 10.5. The molecule has 0 fully saturated rings. The van der Waals surface area contributed by atoms with E-state index in [0.717, 1.165) is 22.2 Å². The van der Waals surface area contributed by atoms with Gasteiger partial charge in [-0.1, -0.05) is 35.3 Å². The van der Waals surface area contributed by atoms with Gasteiger partial charge in [0.25, 0.3) is 0 Å². The van der Waals surface area contributed by atoms with Crippen molar-refractivity contribution in [1.29, 1.82) is 0 Å². The van der Waals surface area contributed by atoms with Crippen molar-refractivity contribution in [2.45, 2.75) is 13.0 Å². The van der Waals surface area contributed by atoms with Crippen molar-refractivity contribution < 1.29 is 5.11 Å². The third kappa shape index (κ3) is 2.88. The Morgan fingerprint density at radius 1 is 1.00 bits per heavy atom. The lowest BCUT2D eigenvalue weighted by atomic mass is 10.00. The van der Waals surface area contributed by atoms with Crippen molar-refractivity contribution in [2.24, 2.45) is 0 Å². The summed E-state index contributed by atoms with van der Waals surface area (Å²) in [5.74, 6) is 0. The van der Waals surface area contributed by atoms with Gasteiger partial charge in [-0.15, -0.1) is 0 Å². The maximum atomic E-state index is 10.5. The zero-order valence-electron chi connectivity index (χ0n) is 11.3. The average Bonchev–Trinajstić information content (AvgIpc) is 2.48. The largest absolute Gasteiger partial charge is 0.384 e. The van der Waals surface area contributed by atoms with Crippen LogP contribution in [0.5, 0.6) is 0 Å². The molecular formula is C17H13Cl2NO. The van der Waals surface area contributed by atoms with Crippen LogP contribution in [0.2, 0.25) is 10.0 Å². The molecule has 0 aliphatic rings. The van der Waals surface area contributed by atoms with E-state index in [1.165, 1.54) is 0 Å². The quantitative estimate of drug-likeness (QED) is 0.726. The molecular weight excluding hydrogens is 305 g/mol. The van der Waals surface area contributed by atoms with Gasteiger partial charge in [0.2, 0.25) is 0 Å². The van der Waals surface area contributed by atoms with Crippen molar-refractivity contribution in [3.05, 3.63) is 75.4 Å². The van der Waals surface area contributed by atoms with E-state index >= 15 is 0 Å². The predicted octanol–water partition coefficient (Wildman–Crippen LogP) is 4.93. The summed E-state index contributed by atoms with van der Waals surface area (Å²) in [5.41, 5.74) is 3.23. The van der Waals surface area contributed by atoms with E-state index in [9.17, 15) is 5.11 Å². The number of rotatable bonds is 2. The first-order chi connectivity index (χ1) is 10.0. The van der Waals surface area contributed by atoms with Crippen LogP contribution in [0.15, 0.2) is 48.5 Å². The Bertz CT molecular complexity index is 817. The molecule has 1 heterocycles. The monoisotopic (exact) mass is 317 g/mol. The molecule has 0 aliphatic heterocycles. The van der Waals surface area contributed by atoms with Gasteiger partial charge >= 0.3 is 0 Å². The second-order valence-electron chi connectivity index (χ2n) is 4.97. The first-order valence-electron chi connectivity index (χ1n) is 6.55. The van der Waals surface area contributed by atoms with Gasteiger partial charge in [0, 0.05) is 26.7 Å². The minimum absolute atomic E-state index is 0.494. The van der Waals surface area contributed by atoms with Crippen molar-refractivity contribution in [3.63, 3.8) is 0 Å². The van der Waals surface area contributed by atoms with Crippen LogP contribution in [0, 0.1) is 6.92 Å². The van der Waals surface area contributed by atoms with Gasteiger partial charge in [0.05, 0.1) is 5.52 Å². The number of nitrogens with zero attached hydrogens (tertiary/aromatic N) is 1. The summed E-state index contributed by atoms with van der Waals surface area (Å²) in [7, 11) is 0. The molecule has 0 bridgehead atoms. The second kappa shape index (κ2) is 5.64. The Labute approximate surface area is 133 Å². The predicted molar refractivity (Wildman–Crippen MR) is 87.0 cm³/mol. The van der Waals surface area contributed by atoms with Crippen LogP contribution in [-0.2, 0) is 0 Å². The molecule has 1 aromatic heterocycles. The summed E-state index contributed by atoms with van der Waals surface area (Å²) in [6.45, 7) is 1.95. The number of aliphatic hydroxyl groups excluding tert-OH is 1. The number of hydrogen-bond acceptors (Lipinski definition) is 2. The smallest absolute Gasteiger partial charge is 0.106 e. The van der Waals surface area contributed by atoms with Crippen molar-refractivity contribution >= 4 is 34.1 Å². The first kappa shape index (κ1) is 14.3. The van der Waals surface area contributed by atoms with E-state index in [4.69, 9.17) is 23.2 Å². The van der Waals surface area contributed by atoms with Gasteiger partial charge in [0.15, 0.2) is 0 Å². The molecule has 1 atom stereocenters. The lowest BCUT2D eigenvalue weighted by Gasteiger charge is -2.14. The summed E-state index contributed by atoms with van der Waals surface area (Å²) in [4.78, 5) is 4.45. The molecule has 1 N–H and O–H groups in total. The van der Waals surface area contributed by atoms with Crippen LogP contribution < -0.4 is 0 Å². The van der Waals surface area contributed by atoms with Crippen molar-refractivity contribution in [2.75, 3.05) is 0 Å². The number of pyridine rings is 1. The summed E-state index contributed by atoms with van der Waals surface area (Å²) < 4.78 is 0. The summed E-state index contributed by atoms with van der Waals surface area (Å²) in [5, 5.41) is 12.6. The number of fused-ring (bicyclic) bond motifs is 1. The number of hydrogen-bond donors (Lipinski definition) is 1. The molecule has 3 rings (SSSR count). The standard InChI is InChI=1S/C17H13Cl2NO/c1-10-2-3-11-8-12(4-7-16(11)20-10)17(21)14-9-13(18)5-6-15(14)19/h2-9,17,21H,1H3. The van der Waals surface area contributed by atoms with E-state index < -0.39 is 6.10 Å². The molecule has 0 saturated heterocycles. The Morgan fingerprint density at radius 3 is 2.62 bits per heavy atom. The van der Waals surface area contributed by atoms with Gasteiger partial charge in [-0.05, 0) is 48.9 Å². The molecule has 0 aliphatic carbocycles. The summed E-state index contributed by atoms with van der Waals surface area (Å²) in [6.07, 6.45) is -0.818. The third-order valence-corrected chi connectivity index (χ3v) is 4.00. The SMILES string of the molecule is Cc1ccc2cc(C(O)c3cc(Cl)ccc3Cl)ccc2n1. The molecule has 0 radical (unpaired) electrons. The fourth-order valence-electron chi connectivity index (χ4n) is 2.32. The van der Waals surface area contributed by atoms with Gasteiger partial charge in [-0.25, -0.2) is 0 Å². The number of aliphatic hydroxyl groups is 1. The molecule has 4 heteroatoms. The highest BCUT2D eigenvalue weighted by molar-refractivity contribution is 6.33. The highest BCUT2D eigenvalue weighted by Crippen LogP contribution is 2.31. The Balaban J connectivity index is 2.07. The van der Waals surface area contributed by atoms with Gasteiger partial charge in [-0.2, -0.15) is 0 Å². The normalized spacial score (nSPS) is 12.6. The fraction of sp³-hybridized carbons (Fsp3) is 0.118. The van der Waals surface area contributed by atoms with Crippen LogP contribution in [0.25, 0.3) is 10.9 Å². The Hall–Kier alpha value is -1.61. The summed E-state index contributed by atoms with van der Waals surface area (Å²) in [6, 6.07) is 14.7. The molecule has 0 amide bonds.